The zero-order chi connectivity index (χ0) is 18.6. The van der Waals surface area contributed by atoms with Gasteiger partial charge in [0.25, 0.3) is 0 Å². The van der Waals surface area contributed by atoms with Gasteiger partial charge in [-0.2, -0.15) is 0 Å². The molecule has 0 spiro atoms. The van der Waals surface area contributed by atoms with E-state index in [0.29, 0.717) is 5.92 Å². The van der Waals surface area contributed by atoms with Crippen LogP contribution >= 0.6 is 0 Å². The molecule has 146 valence electrons. The van der Waals surface area contributed by atoms with Gasteiger partial charge in [-0.15, -0.1) is 5.92 Å². The van der Waals surface area contributed by atoms with Crippen LogP contribution in [0.15, 0.2) is 0 Å². The van der Waals surface area contributed by atoms with E-state index in [1.165, 1.54) is 38.5 Å². The summed E-state index contributed by atoms with van der Waals surface area (Å²) < 4.78 is 5.04. The molecule has 0 heterocycles. The summed E-state index contributed by atoms with van der Waals surface area (Å²) in [7, 11) is 0. The Bertz CT molecular complexity index is 236. The van der Waals surface area contributed by atoms with E-state index >= 15 is 0 Å². The van der Waals surface area contributed by atoms with Crippen molar-refractivity contribution in [2.45, 2.75) is 72.6 Å². The molecule has 0 saturated heterocycles. The molecule has 1 nitrogen and oxygen atoms in total. The SMILES string of the molecule is CCC[CH2][Sn+]([CH2]CCC)[CH2]CCC.O=C[C]1[C-][CH][CH][CH]1.[CH]1[CH][CH][CH][CH]1.[Fe]. The summed E-state index contributed by atoms with van der Waals surface area (Å²) in [5.41, 5.74) is 0. The molecule has 0 aliphatic heterocycles. The summed E-state index contributed by atoms with van der Waals surface area (Å²) in [4.78, 5) is 9.84. The number of hydrogen-bond acceptors (Lipinski definition) is 1. The number of rotatable bonds is 10. The van der Waals surface area contributed by atoms with Gasteiger partial charge in [0, 0.05) is 17.1 Å². The maximum Gasteiger partial charge on any atom is 0.0927 e. The van der Waals surface area contributed by atoms with Crippen LogP contribution in [0.5, 0.6) is 0 Å². The van der Waals surface area contributed by atoms with E-state index in [4.69, 9.17) is 0 Å². The van der Waals surface area contributed by atoms with E-state index in [1.54, 1.807) is 32.6 Å². The molecule has 2 saturated carbocycles. The second-order valence-electron chi connectivity index (χ2n) is 6.27. The van der Waals surface area contributed by atoms with E-state index in [9.17, 15) is 4.79 Å². The Hall–Kier alpha value is 0.988. The van der Waals surface area contributed by atoms with E-state index in [2.05, 4.69) is 27.2 Å². The van der Waals surface area contributed by atoms with E-state index in [1.807, 2.05) is 32.1 Å². The van der Waals surface area contributed by atoms with E-state index in [-0.39, 0.29) is 17.1 Å². The fraction of sp³-hybridized carbons (Fsp3) is 0.522. The smallest absolute Gasteiger partial charge is 0.0927 e. The van der Waals surface area contributed by atoms with Gasteiger partial charge in [-0.3, -0.25) is 0 Å². The van der Waals surface area contributed by atoms with Crippen LogP contribution in [0.4, 0.5) is 0 Å². The molecule has 0 bridgehead atoms. The molecule has 2 aliphatic carbocycles. The summed E-state index contributed by atoms with van der Waals surface area (Å²) in [6, 6.07) is 0. The van der Waals surface area contributed by atoms with Crippen LogP contribution < -0.4 is 0 Å². The normalized spacial score (nSPS) is 16.0. The maximum atomic E-state index is 9.84. The number of unbranched alkanes of at least 4 members (excludes halogenated alkanes) is 3. The van der Waals surface area contributed by atoms with Crippen molar-refractivity contribution in [3.63, 3.8) is 0 Å². The number of aldehydes is 1. The fourth-order valence-electron chi connectivity index (χ4n) is 2.39. The summed E-state index contributed by atoms with van der Waals surface area (Å²) in [6.45, 7) is 7.00. The molecular weight excluding hydrogens is 467 g/mol. The summed E-state index contributed by atoms with van der Waals surface area (Å²) in [5, 5.41) is 0. The van der Waals surface area contributed by atoms with Crippen molar-refractivity contribution in [3.05, 3.63) is 63.7 Å². The first-order valence-corrected chi connectivity index (χ1v) is 15.9. The van der Waals surface area contributed by atoms with Gasteiger partial charge >= 0.3 is 92.4 Å². The van der Waals surface area contributed by atoms with Crippen molar-refractivity contribution < 1.29 is 21.9 Å². The van der Waals surface area contributed by atoms with Crippen molar-refractivity contribution in [2.24, 2.45) is 0 Å². The Morgan fingerprint density at radius 1 is 0.808 bits per heavy atom. The predicted molar refractivity (Wildman–Crippen MR) is 112 cm³/mol. The van der Waals surface area contributed by atoms with Gasteiger partial charge in [-0.25, -0.2) is 6.42 Å². The first kappa shape index (κ1) is 29.2. The van der Waals surface area contributed by atoms with E-state index in [0.717, 1.165) is 6.29 Å². The largest absolute Gasteiger partial charge is 0.463 e. The van der Waals surface area contributed by atoms with Crippen LogP contribution in [0.3, 0.4) is 0 Å². The molecule has 0 aromatic carbocycles. The van der Waals surface area contributed by atoms with Crippen LogP contribution in [0.1, 0.15) is 59.3 Å². The molecule has 0 atom stereocenters. The number of carbonyl (C=O) groups is 1. The quantitative estimate of drug-likeness (QED) is 0.193. The first-order chi connectivity index (χ1) is 12.3. The van der Waals surface area contributed by atoms with Gasteiger partial charge in [0.05, 0.1) is 6.29 Å². The second kappa shape index (κ2) is 24.0. The van der Waals surface area contributed by atoms with Gasteiger partial charge in [0.15, 0.2) is 0 Å². The van der Waals surface area contributed by atoms with Crippen molar-refractivity contribution in [1.29, 1.82) is 0 Å². The molecule has 0 amide bonds. The molecule has 0 aromatic heterocycles. The van der Waals surface area contributed by atoms with Crippen molar-refractivity contribution in [2.75, 3.05) is 0 Å². The van der Waals surface area contributed by atoms with Crippen molar-refractivity contribution in [3.8, 4) is 0 Å². The molecule has 0 aromatic rings. The third kappa shape index (κ3) is 19.7. The van der Waals surface area contributed by atoms with Gasteiger partial charge in [-0.1, -0.05) is 12.8 Å². The Morgan fingerprint density at radius 2 is 1.23 bits per heavy atom. The van der Waals surface area contributed by atoms with E-state index < -0.39 is 19.8 Å². The number of carbonyl (C=O) groups excluding carboxylic acids is 1. The summed E-state index contributed by atoms with van der Waals surface area (Å²) in [5.74, 6) is 0.625. The first-order valence-electron chi connectivity index (χ1n) is 9.87. The zero-order valence-corrected chi connectivity index (χ0v) is 20.8. The monoisotopic (exact) mass is 504 g/mol. The molecular formula is C23H36FeOSn. The molecule has 0 unspecified atom stereocenters. The second-order valence-corrected chi connectivity index (χ2v) is 14.8. The average molecular weight is 503 g/mol. The molecule has 26 heavy (non-hydrogen) atoms. The molecule has 2 aliphatic rings. The van der Waals surface area contributed by atoms with Crippen molar-refractivity contribution >= 4 is 26.0 Å². The molecule has 2 rings (SSSR count). The average Bonchev–Trinajstić information content (AvgIpc) is 3.37. The molecule has 0 N–H and O–H groups in total. The fourth-order valence-corrected chi connectivity index (χ4v) is 11.8. The molecule has 10 radical (unpaired) electrons. The topological polar surface area (TPSA) is 17.1 Å². The van der Waals surface area contributed by atoms with Gasteiger partial charge < -0.3 is 11.2 Å². The predicted octanol–water partition coefficient (Wildman–Crippen LogP) is 6.37. The Morgan fingerprint density at radius 3 is 1.46 bits per heavy atom. The third-order valence-corrected chi connectivity index (χ3v) is 13.0. The third-order valence-electron chi connectivity index (χ3n) is 3.96. The van der Waals surface area contributed by atoms with Gasteiger partial charge in [0.2, 0.25) is 0 Å². The van der Waals surface area contributed by atoms with Gasteiger partial charge in [-0.05, 0) is 32.1 Å². The zero-order valence-electron chi connectivity index (χ0n) is 16.8. The van der Waals surface area contributed by atoms with Crippen LogP contribution in [0, 0.1) is 63.7 Å². The standard InChI is InChI=1S/C6H4O.C5H5.3C4H9.Fe.Sn/c7-5-6-3-1-2-4-6;1-2-4-5-3-1;3*1-3-4-2;;/h1-3,5H;1-5H;3*1,3-4H2,2H3;;/q-1;;;;;;+1. The Balaban J connectivity index is 0. The Kier molecular flexibility index (Phi) is 27.0. The minimum absolute atomic E-state index is 0. The molecule has 2 fully saturated rings. The van der Waals surface area contributed by atoms with Crippen LogP contribution in [-0.4, -0.2) is 26.0 Å². The summed E-state index contributed by atoms with van der Waals surface area (Å²) >= 11 is -0.839. The van der Waals surface area contributed by atoms with Crippen LogP contribution in [0.25, 0.3) is 0 Å². The van der Waals surface area contributed by atoms with Crippen LogP contribution in [0.2, 0.25) is 13.3 Å². The van der Waals surface area contributed by atoms with Crippen LogP contribution in [-0.2, 0) is 21.9 Å². The van der Waals surface area contributed by atoms with Gasteiger partial charge in [0.1, 0.15) is 0 Å². The minimum Gasteiger partial charge on any atom is -0.463 e. The summed E-state index contributed by atoms with van der Waals surface area (Å²) in [6.07, 6.45) is 27.6. The number of hydrogen-bond donors (Lipinski definition) is 0. The maximum absolute atomic E-state index is 9.84. The minimum atomic E-state index is -0.839. The van der Waals surface area contributed by atoms with Crippen molar-refractivity contribution in [1.82, 2.24) is 0 Å². The molecule has 3 heteroatoms. The Labute approximate surface area is 183 Å².